The van der Waals surface area contributed by atoms with Gasteiger partial charge in [-0.25, -0.2) is 9.37 Å². The predicted octanol–water partition coefficient (Wildman–Crippen LogP) is 3.32. The molecule has 3 rings (SSSR count). The van der Waals surface area contributed by atoms with Crippen molar-refractivity contribution in [2.45, 2.75) is 31.5 Å². The molecule has 1 unspecified atom stereocenters. The van der Waals surface area contributed by atoms with Crippen LogP contribution in [0.15, 0.2) is 23.4 Å². The smallest absolute Gasteiger partial charge is 0.313 e. The number of halogens is 1. The van der Waals surface area contributed by atoms with Gasteiger partial charge in [-0.05, 0) is 24.0 Å². The fourth-order valence-corrected chi connectivity index (χ4v) is 3.24. The Morgan fingerprint density at radius 3 is 2.90 bits per heavy atom. The number of aromatic nitrogens is 2. The molecule has 20 heavy (non-hydrogen) atoms. The van der Waals surface area contributed by atoms with Crippen LogP contribution in [0.25, 0.3) is 11.0 Å². The molecule has 0 saturated heterocycles. The number of imidazole rings is 1. The number of hydrogen-bond acceptors (Lipinski definition) is 3. The minimum absolute atomic E-state index is 0.0713. The SMILES string of the molecule is CC1(C)CC1n1c(SCC(=O)O)nc2c(F)cccc21. The highest BCUT2D eigenvalue weighted by atomic mass is 32.2. The predicted molar refractivity (Wildman–Crippen MR) is 75.5 cm³/mol. The van der Waals surface area contributed by atoms with E-state index in [0.717, 1.165) is 23.7 Å². The molecule has 0 bridgehead atoms. The van der Waals surface area contributed by atoms with Crippen molar-refractivity contribution in [3.63, 3.8) is 0 Å². The van der Waals surface area contributed by atoms with Gasteiger partial charge in [-0.2, -0.15) is 0 Å². The van der Waals surface area contributed by atoms with Crippen LogP contribution in [0.4, 0.5) is 4.39 Å². The monoisotopic (exact) mass is 294 g/mol. The molecule has 0 aliphatic heterocycles. The van der Waals surface area contributed by atoms with Crippen LogP contribution in [0.5, 0.6) is 0 Å². The molecule has 1 aliphatic carbocycles. The molecule has 4 nitrogen and oxygen atoms in total. The summed E-state index contributed by atoms with van der Waals surface area (Å²) in [7, 11) is 0. The van der Waals surface area contributed by atoms with E-state index in [1.807, 2.05) is 10.6 Å². The average molecular weight is 294 g/mol. The Bertz CT molecular complexity index is 696. The first kappa shape index (κ1) is 13.4. The van der Waals surface area contributed by atoms with E-state index in [4.69, 9.17) is 5.11 Å². The summed E-state index contributed by atoms with van der Waals surface area (Å²) in [4.78, 5) is 15.0. The van der Waals surface area contributed by atoms with Crippen molar-refractivity contribution >= 4 is 28.8 Å². The molecular weight excluding hydrogens is 279 g/mol. The van der Waals surface area contributed by atoms with Gasteiger partial charge in [0.2, 0.25) is 0 Å². The minimum Gasteiger partial charge on any atom is -0.481 e. The lowest BCUT2D eigenvalue weighted by molar-refractivity contribution is -0.133. The lowest BCUT2D eigenvalue weighted by Crippen LogP contribution is -2.04. The molecular formula is C14H15FN2O2S. The van der Waals surface area contributed by atoms with Crippen LogP contribution < -0.4 is 0 Å². The third-order valence-electron chi connectivity index (χ3n) is 3.74. The number of hydrogen-bond donors (Lipinski definition) is 1. The number of carboxylic acids is 1. The number of carbonyl (C=O) groups is 1. The van der Waals surface area contributed by atoms with E-state index in [1.54, 1.807) is 6.07 Å². The third kappa shape index (κ3) is 2.18. The number of nitrogens with zero attached hydrogens (tertiary/aromatic N) is 2. The molecule has 0 spiro atoms. The first-order valence-corrected chi connectivity index (χ1v) is 7.40. The fraction of sp³-hybridized carbons (Fsp3) is 0.429. The molecule has 1 fully saturated rings. The highest BCUT2D eigenvalue weighted by molar-refractivity contribution is 7.99. The maximum Gasteiger partial charge on any atom is 0.313 e. The molecule has 1 atom stereocenters. The van der Waals surface area contributed by atoms with E-state index >= 15 is 0 Å². The number of fused-ring (bicyclic) bond motifs is 1. The zero-order valence-corrected chi connectivity index (χ0v) is 12.1. The Balaban J connectivity index is 2.10. The highest BCUT2D eigenvalue weighted by Gasteiger charge is 2.48. The molecule has 1 aromatic heterocycles. The molecule has 1 aromatic carbocycles. The van der Waals surface area contributed by atoms with Gasteiger partial charge in [0.15, 0.2) is 11.0 Å². The van der Waals surface area contributed by atoms with Crippen LogP contribution in [0.3, 0.4) is 0 Å². The van der Waals surface area contributed by atoms with Gasteiger partial charge >= 0.3 is 5.97 Å². The lowest BCUT2D eigenvalue weighted by atomic mass is 10.2. The normalized spacial score (nSPS) is 20.2. The quantitative estimate of drug-likeness (QED) is 0.879. The summed E-state index contributed by atoms with van der Waals surface area (Å²) in [6.45, 7) is 4.29. The van der Waals surface area contributed by atoms with Gasteiger partial charge in [-0.3, -0.25) is 4.79 Å². The van der Waals surface area contributed by atoms with Gasteiger partial charge in [-0.1, -0.05) is 31.7 Å². The van der Waals surface area contributed by atoms with Crippen molar-refractivity contribution in [2.75, 3.05) is 5.75 Å². The first-order chi connectivity index (χ1) is 9.40. The van der Waals surface area contributed by atoms with E-state index in [1.165, 1.54) is 6.07 Å². The Morgan fingerprint density at radius 1 is 1.60 bits per heavy atom. The molecule has 1 heterocycles. The second-order valence-electron chi connectivity index (χ2n) is 5.76. The number of thioether (sulfide) groups is 1. The second-order valence-corrected chi connectivity index (χ2v) is 6.71. The Labute approximate surface area is 120 Å². The van der Waals surface area contributed by atoms with Crippen LogP contribution in [0, 0.1) is 11.2 Å². The van der Waals surface area contributed by atoms with Crippen LogP contribution in [0.2, 0.25) is 0 Å². The van der Waals surface area contributed by atoms with Gasteiger partial charge in [-0.15, -0.1) is 0 Å². The molecule has 0 amide bonds. The summed E-state index contributed by atoms with van der Waals surface area (Å²) in [6, 6.07) is 5.14. The van der Waals surface area contributed by atoms with Crippen LogP contribution in [-0.2, 0) is 4.79 Å². The third-order valence-corrected chi connectivity index (χ3v) is 4.67. The molecule has 6 heteroatoms. The largest absolute Gasteiger partial charge is 0.481 e. The summed E-state index contributed by atoms with van der Waals surface area (Å²) in [5.41, 5.74) is 1.22. The zero-order chi connectivity index (χ0) is 14.5. The fourth-order valence-electron chi connectivity index (χ4n) is 2.47. The highest BCUT2D eigenvalue weighted by Crippen LogP contribution is 2.57. The van der Waals surface area contributed by atoms with E-state index < -0.39 is 5.97 Å². The Kier molecular flexibility index (Phi) is 3.01. The summed E-state index contributed by atoms with van der Waals surface area (Å²) >= 11 is 1.14. The van der Waals surface area contributed by atoms with Gasteiger partial charge in [0.1, 0.15) is 5.52 Å². The van der Waals surface area contributed by atoms with E-state index in [-0.39, 0.29) is 23.0 Å². The number of aliphatic carboxylic acids is 1. The lowest BCUT2D eigenvalue weighted by Gasteiger charge is -2.10. The van der Waals surface area contributed by atoms with Gasteiger partial charge in [0.05, 0.1) is 11.3 Å². The first-order valence-electron chi connectivity index (χ1n) is 6.41. The van der Waals surface area contributed by atoms with Crippen molar-refractivity contribution in [3.8, 4) is 0 Å². The molecule has 106 valence electrons. The molecule has 1 saturated carbocycles. The number of benzene rings is 1. The Hall–Kier alpha value is -1.56. The van der Waals surface area contributed by atoms with Crippen LogP contribution in [0.1, 0.15) is 26.3 Å². The Morgan fingerprint density at radius 2 is 2.30 bits per heavy atom. The molecule has 1 N–H and O–H groups in total. The van der Waals surface area contributed by atoms with Gasteiger partial charge in [0, 0.05) is 6.04 Å². The van der Waals surface area contributed by atoms with E-state index in [0.29, 0.717) is 10.7 Å². The summed E-state index contributed by atoms with van der Waals surface area (Å²) < 4.78 is 15.8. The summed E-state index contributed by atoms with van der Waals surface area (Å²) in [5, 5.41) is 9.41. The summed E-state index contributed by atoms with van der Waals surface area (Å²) in [6.07, 6.45) is 0.996. The number of carboxylic acid groups (broad SMARTS) is 1. The van der Waals surface area contributed by atoms with Crippen molar-refractivity contribution in [2.24, 2.45) is 5.41 Å². The van der Waals surface area contributed by atoms with Crippen molar-refractivity contribution in [1.82, 2.24) is 9.55 Å². The average Bonchev–Trinajstić information content (AvgIpc) is 2.84. The molecule has 2 aromatic rings. The second kappa shape index (κ2) is 4.48. The van der Waals surface area contributed by atoms with Gasteiger partial charge < -0.3 is 9.67 Å². The maximum absolute atomic E-state index is 13.9. The maximum atomic E-state index is 13.9. The minimum atomic E-state index is -0.899. The topological polar surface area (TPSA) is 55.1 Å². The summed E-state index contributed by atoms with van der Waals surface area (Å²) in [5.74, 6) is -1.33. The van der Waals surface area contributed by atoms with Crippen molar-refractivity contribution in [1.29, 1.82) is 0 Å². The van der Waals surface area contributed by atoms with E-state index in [2.05, 4.69) is 18.8 Å². The van der Waals surface area contributed by atoms with Gasteiger partial charge in [0.25, 0.3) is 0 Å². The van der Waals surface area contributed by atoms with Crippen LogP contribution in [-0.4, -0.2) is 26.4 Å². The number of para-hydroxylation sites is 1. The molecule has 1 aliphatic rings. The standard InChI is InChI=1S/C14H15FN2O2S/c1-14(2)6-10(14)17-9-5-3-4-8(15)12(9)16-13(17)20-7-11(18)19/h3-5,10H,6-7H2,1-2H3,(H,18,19). The zero-order valence-electron chi connectivity index (χ0n) is 11.3. The van der Waals surface area contributed by atoms with E-state index in [9.17, 15) is 9.18 Å². The van der Waals surface area contributed by atoms with Crippen molar-refractivity contribution in [3.05, 3.63) is 24.0 Å². The van der Waals surface area contributed by atoms with Crippen molar-refractivity contribution < 1.29 is 14.3 Å². The van der Waals surface area contributed by atoms with Crippen LogP contribution >= 0.6 is 11.8 Å². The number of rotatable bonds is 4. The molecule has 0 radical (unpaired) electrons.